The van der Waals surface area contributed by atoms with Crippen LogP contribution in [0.1, 0.15) is 22.8 Å². The zero-order valence-electron chi connectivity index (χ0n) is 11.4. The minimum Gasteiger partial charge on any atom is -0.455 e. The van der Waals surface area contributed by atoms with Crippen molar-refractivity contribution >= 4 is 23.1 Å². The molecule has 0 aliphatic heterocycles. The van der Waals surface area contributed by atoms with Crippen LogP contribution in [0.15, 0.2) is 36.4 Å². The van der Waals surface area contributed by atoms with E-state index in [4.69, 9.17) is 16.3 Å². The van der Waals surface area contributed by atoms with E-state index < -0.39 is 4.92 Å². The first kappa shape index (κ1) is 15.0. The van der Waals surface area contributed by atoms with Crippen LogP contribution in [0, 0.1) is 17.0 Å². The van der Waals surface area contributed by atoms with Gasteiger partial charge in [0.15, 0.2) is 5.78 Å². The maximum Gasteiger partial charge on any atom is 0.273 e. The van der Waals surface area contributed by atoms with Crippen molar-refractivity contribution in [2.24, 2.45) is 0 Å². The number of carbonyl (C=O) groups is 1. The lowest BCUT2D eigenvalue weighted by Gasteiger charge is -2.10. The summed E-state index contributed by atoms with van der Waals surface area (Å²) in [6.45, 7) is 3.22. The van der Waals surface area contributed by atoms with Crippen LogP contribution in [0.3, 0.4) is 0 Å². The molecule has 6 heteroatoms. The van der Waals surface area contributed by atoms with Gasteiger partial charge in [-0.15, -0.1) is 0 Å². The molecule has 2 aromatic rings. The Kier molecular flexibility index (Phi) is 4.23. The summed E-state index contributed by atoms with van der Waals surface area (Å²) in [5.74, 6) is 0.585. The van der Waals surface area contributed by atoms with Crippen molar-refractivity contribution in [3.63, 3.8) is 0 Å². The van der Waals surface area contributed by atoms with E-state index in [-0.39, 0.29) is 16.5 Å². The molecular formula is C15H12ClNO4. The molecule has 2 aromatic carbocycles. The second-order valence-corrected chi connectivity index (χ2v) is 4.92. The number of halogens is 1. The van der Waals surface area contributed by atoms with Gasteiger partial charge in [0, 0.05) is 11.6 Å². The average molecular weight is 306 g/mol. The molecule has 0 saturated heterocycles. The van der Waals surface area contributed by atoms with Gasteiger partial charge in [-0.1, -0.05) is 11.6 Å². The Labute approximate surface area is 126 Å². The molecule has 0 fully saturated rings. The predicted molar refractivity (Wildman–Crippen MR) is 79.4 cm³/mol. The number of nitro benzene ring substituents is 1. The summed E-state index contributed by atoms with van der Waals surface area (Å²) in [7, 11) is 0. The molecule has 5 nitrogen and oxygen atoms in total. The van der Waals surface area contributed by atoms with Crippen LogP contribution in [0.2, 0.25) is 5.02 Å². The second-order valence-electron chi connectivity index (χ2n) is 4.51. The summed E-state index contributed by atoms with van der Waals surface area (Å²) in [6, 6.07) is 9.01. The molecule has 108 valence electrons. The number of nitrogens with zero attached hydrogens (tertiary/aromatic N) is 1. The summed E-state index contributed by atoms with van der Waals surface area (Å²) in [5, 5.41) is 11.1. The number of aryl methyl sites for hydroxylation is 1. The van der Waals surface area contributed by atoms with Crippen molar-refractivity contribution in [1.82, 2.24) is 0 Å². The third-order valence-electron chi connectivity index (χ3n) is 2.94. The highest BCUT2D eigenvalue weighted by atomic mass is 35.5. The number of hydrogen-bond donors (Lipinski definition) is 0. The number of ketones is 1. The zero-order chi connectivity index (χ0) is 15.6. The highest BCUT2D eigenvalue weighted by Gasteiger charge is 2.12. The van der Waals surface area contributed by atoms with E-state index in [9.17, 15) is 14.9 Å². The molecule has 0 unspecified atom stereocenters. The molecule has 0 saturated carbocycles. The van der Waals surface area contributed by atoms with Gasteiger partial charge >= 0.3 is 0 Å². The van der Waals surface area contributed by atoms with Gasteiger partial charge in [-0.25, -0.2) is 0 Å². The number of non-ortho nitro benzene ring substituents is 1. The van der Waals surface area contributed by atoms with Crippen molar-refractivity contribution in [2.75, 3.05) is 0 Å². The lowest BCUT2D eigenvalue weighted by atomic mass is 10.1. The molecule has 0 N–H and O–H groups in total. The van der Waals surface area contributed by atoms with Gasteiger partial charge in [0.25, 0.3) is 5.69 Å². The number of Topliss-reactive ketones (excluding diaryl/α,β-unsaturated/α-hetero) is 1. The van der Waals surface area contributed by atoms with Crippen LogP contribution in [0.25, 0.3) is 0 Å². The highest BCUT2D eigenvalue weighted by molar-refractivity contribution is 6.32. The minimum absolute atomic E-state index is 0.0629. The van der Waals surface area contributed by atoms with Crippen molar-refractivity contribution in [3.05, 3.63) is 62.7 Å². The van der Waals surface area contributed by atoms with Crippen LogP contribution in [-0.4, -0.2) is 10.7 Å². The average Bonchev–Trinajstić information content (AvgIpc) is 2.42. The molecule has 0 atom stereocenters. The third kappa shape index (κ3) is 3.38. The zero-order valence-corrected chi connectivity index (χ0v) is 12.2. The van der Waals surface area contributed by atoms with Crippen LogP contribution >= 0.6 is 11.6 Å². The Morgan fingerprint density at radius 2 is 1.90 bits per heavy atom. The van der Waals surface area contributed by atoms with Crippen LogP contribution in [0.5, 0.6) is 11.5 Å². The Bertz CT molecular complexity index is 728. The summed E-state index contributed by atoms with van der Waals surface area (Å²) >= 11 is 6.07. The Morgan fingerprint density at radius 3 is 2.48 bits per heavy atom. The fourth-order valence-electron chi connectivity index (χ4n) is 1.73. The Balaban J connectivity index is 2.36. The van der Waals surface area contributed by atoms with Gasteiger partial charge in [-0.05, 0) is 43.7 Å². The number of carbonyl (C=O) groups excluding carboxylic acids is 1. The molecule has 2 rings (SSSR count). The van der Waals surface area contributed by atoms with E-state index in [1.54, 1.807) is 25.1 Å². The lowest BCUT2D eigenvalue weighted by Crippen LogP contribution is -1.95. The maximum absolute atomic E-state index is 11.3. The number of nitro groups is 1. The summed E-state index contributed by atoms with van der Waals surface area (Å²) in [6.07, 6.45) is 0. The largest absolute Gasteiger partial charge is 0.455 e. The number of benzene rings is 2. The normalized spacial score (nSPS) is 10.2. The minimum atomic E-state index is -0.493. The van der Waals surface area contributed by atoms with Gasteiger partial charge in [-0.2, -0.15) is 0 Å². The van der Waals surface area contributed by atoms with E-state index in [2.05, 4.69) is 0 Å². The third-order valence-corrected chi connectivity index (χ3v) is 3.24. The smallest absolute Gasteiger partial charge is 0.273 e. The van der Waals surface area contributed by atoms with E-state index >= 15 is 0 Å². The van der Waals surface area contributed by atoms with Gasteiger partial charge in [-0.3, -0.25) is 14.9 Å². The Hall–Kier alpha value is -2.40. The van der Waals surface area contributed by atoms with Gasteiger partial charge in [0.2, 0.25) is 0 Å². The Morgan fingerprint density at radius 1 is 1.19 bits per heavy atom. The van der Waals surface area contributed by atoms with Crippen molar-refractivity contribution in [3.8, 4) is 11.5 Å². The first-order chi connectivity index (χ1) is 9.88. The van der Waals surface area contributed by atoms with E-state index in [0.29, 0.717) is 17.1 Å². The second kappa shape index (κ2) is 5.93. The van der Waals surface area contributed by atoms with Gasteiger partial charge in [0.1, 0.15) is 11.5 Å². The molecule has 0 aliphatic carbocycles. The molecule has 0 spiro atoms. The summed E-state index contributed by atoms with van der Waals surface area (Å²) < 4.78 is 5.62. The molecule has 0 bridgehead atoms. The number of ether oxygens (including phenoxy) is 1. The van der Waals surface area contributed by atoms with Crippen LogP contribution in [0.4, 0.5) is 5.69 Å². The molecule has 0 heterocycles. The van der Waals surface area contributed by atoms with E-state index in [1.807, 2.05) is 0 Å². The summed E-state index contributed by atoms with van der Waals surface area (Å²) in [5.41, 5.74) is 1.16. The van der Waals surface area contributed by atoms with Crippen molar-refractivity contribution in [2.45, 2.75) is 13.8 Å². The molecule has 0 radical (unpaired) electrons. The predicted octanol–water partition coefficient (Wildman–Crippen LogP) is 4.55. The molecule has 0 amide bonds. The first-order valence-electron chi connectivity index (χ1n) is 6.12. The van der Waals surface area contributed by atoms with Crippen LogP contribution < -0.4 is 4.74 Å². The van der Waals surface area contributed by atoms with E-state index in [1.165, 1.54) is 25.1 Å². The van der Waals surface area contributed by atoms with Crippen molar-refractivity contribution in [1.29, 1.82) is 0 Å². The quantitative estimate of drug-likeness (QED) is 0.472. The lowest BCUT2D eigenvalue weighted by molar-refractivity contribution is -0.384. The molecule has 0 aliphatic rings. The van der Waals surface area contributed by atoms with E-state index in [0.717, 1.165) is 5.56 Å². The maximum atomic E-state index is 11.3. The SMILES string of the molecule is CC(=O)c1ccc(Oc2cc([N+](=O)[O-])ccc2C)c(Cl)c1. The monoisotopic (exact) mass is 305 g/mol. The molecule has 0 aromatic heterocycles. The number of hydrogen-bond acceptors (Lipinski definition) is 4. The topological polar surface area (TPSA) is 69.4 Å². The molecular weight excluding hydrogens is 294 g/mol. The fraction of sp³-hybridized carbons (Fsp3) is 0.133. The fourth-order valence-corrected chi connectivity index (χ4v) is 1.95. The van der Waals surface area contributed by atoms with Crippen molar-refractivity contribution < 1.29 is 14.5 Å². The number of rotatable bonds is 4. The highest BCUT2D eigenvalue weighted by Crippen LogP contribution is 2.33. The summed E-state index contributed by atoms with van der Waals surface area (Å²) in [4.78, 5) is 21.6. The van der Waals surface area contributed by atoms with Gasteiger partial charge in [0.05, 0.1) is 16.0 Å². The first-order valence-corrected chi connectivity index (χ1v) is 6.49. The standard InChI is InChI=1S/C15H12ClNO4/c1-9-3-5-12(17(19)20)8-15(9)21-14-6-4-11(10(2)18)7-13(14)16/h3-8H,1-2H3. The van der Waals surface area contributed by atoms with Gasteiger partial charge < -0.3 is 4.74 Å². The van der Waals surface area contributed by atoms with Crippen LogP contribution in [-0.2, 0) is 0 Å². The molecule has 21 heavy (non-hydrogen) atoms.